The summed E-state index contributed by atoms with van der Waals surface area (Å²) >= 11 is 0. The van der Waals surface area contributed by atoms with Crippen LogP contribution in [0.4, 0.5) is 0 Å². The molecular weight excluding hydrogens is 262 g/mol. The van der Waals surface area contributed by atoms with Crippen molar-refractivity contribution in [1.82, 2.24) is 4.31 Å². The van der Waals surface area contributed by atoms with Gasteiger partial charge in [0.1, 0.15) is 0 Å². The first-order valence-corrected chi connectivity index (χ1v) is 8.79. The summed E-state index contributed by atoms with van der Waals surface area (Å²) in [6.45, 7) is 4.40. The van der Waals surface area contributed by atoms with Crippen LogP contribution in [0.3, 0.4) is 0 Å². The third-order valence-corrected chi connectivity index (χ3v) is 6.01. The monoisotopic (exact) mass is 289 g/mol. The molecule has 1 atom stereocenters. The van der Waals surface area contributed by atoms with Gasteiger partial charge in [0.2, 0.25) is 10.0 Å². The van der Waals surface area contributed by atoms with Crippen molar-refractivity contribution in [2.24, 2.45) is 17.6 Å². The first-order chi connectivity index (χ1) is 8.86. The summed E-state index contributed by atoms with van der Waals surface area (Å²) < 4.78 is 26.3. The van der Waals surface area contributed by atoms with Gasteiger partial charge in [-0.2, -0.15) is 0 Å². The maximum atomic E-state index is 12.4. The van der Waals surface area contributed by atoms with Gasteiger partial charge in [-0.15, -0.1) is 0 Å². The molecule has 1 aliphatic carbocycles. The van der Waals surface area contributed by atoms with E-state index in [1.54, 1.807) is 6.92 Å². The van der Waals surface area contributed by atoms with E-state index in [-0.39, 0.29) is 17.5 Å². The summed E-state index contributed by atoms with van der Waals surface area (Å²) in [5.74, 6) is 0.388. The molecule has 0 spiro atoms. The highest BCUT2D eigenvalue weighted by atomic mass is 32.2. The fourth-order valence-corrected chi connectivity index (χ4v) is 4.58. The molecule has 1 unspecified atom stereocenters. The van der Waals surface area contributed by atoms with E-state index in [4.69, 9.17) is 11.1 Å². The van der Waals surface area contributed by atoms with Gasteiger partial charge in [-0.25, -0.2) is 12.7 Å². The van der Waals surface area contributed by atoms with E-state index in [1.807, 2.05) is 6.92 Å². The van der Waals surface area contributed by atoms with Gasteiger partial charge in [0.25, 0.3) is 0 Å². The van der Waals surface area contributed by atoms with Crippen LogP contribution >= 0.6 is 0 Å². The molecule has 0 bridgehead atoms. The number of amidine groups is 1. The average molecular weight is 289 g/mol. The highest BCUT2D eigenvalue weighted by Gasteiger charge is 2.27. The number of nitrogens with one attached hydrogen (secondary N) is 1. The van der Waals surface area contributed by atoms with Gasteiger partial charge in [0.05, 0.1) is 11.6 Å². The summed E-state index contributed by atoms with van der Waals surface area (Å²) in [6.07, 6.45) is 5.58. The second kappa shape index (κ2) is 7.24. The summed E-state index contributed by atoms with van der Waals surface area (Å²) in [5, 5.41) is 7.38. The number of hydrogen-bond donors (Lipinski definition) is 2. The molecule has 1 fully saturated rings. The second-order valence-electron chi connectivity index (χ2n) is 5.59. The highest BCUT2D eigenvalue weighted by molar-refractivity contribution is 7.89. The molecule has 0 saturated heterocycles. The molecule has 6 heteroatoms. The molecule has 0 aromatic heterocycles. The Kier molecular flexibility index (Phi) is 6.26. The van der Waals surface area contributed by atoms with Crippen molar-refractivity contribution in [3.8, 4) is 0 Å². The zero-order valence-electron chi connectivity index (χ0n) is 12.1. The number of sulfonamides is 1. The molecule has 1 rings (SSSR count). The van der Waals surface area contributed by atoms with Crippen molar-refractivity contribution in [3.05, 3.63) is 0 Å². The Labute approximate surface area is 117 Å². The summed E-state index contributed by atoms with van der Waals surface area (Å²) in [5.41, 5.74) is 5.43. The molecule has 19 heavy (non-hydrogen) atoms. The number of nitrogens with zero attached hydrogens (tertiary/aromatic N) is 1. The van der Waals surface area contributed by atoms with Crippen LogP contribution in [0.1, 0.15) is 46.0 Å². The van der Waals surface area contributed by atoms with Crippen LogP contribution in [-0.4, -0.2) is 37.4 Å². The highest BCUT2D eigenvalue weighted by Crippen LogP contribution is 2.26. The van der Waals surface area contributed by atoms with Crippen molar-refractivity contribution in [1.29, 1.82) is 5.41 Å². The van der Waals surface area contributed by atoms with Gasteiger partial charge >= 0.3 is 0 Å². The number of nitrogens with two attached hydrogens (primary N) is 1. The zero-order chi connectivity index (χ0) is 14.5. The molecule has 0 aromatic rings. The molecule has 0 aromatic carbocycles. The molecule has 1 aliphatic rings. The molecule has 0 heterocycles. The Morgan fingerprint density at radius 3 is 2.42 bits per heavy atom. The first-order valence-electron chi connectivity index (χ1n) is 7.18. The van der Waals surface area contributed by atoms with Crippen LogP contribution < -0.4 is 5.73 Å². The smallest absolute Gasteiger partial charge is 0.214 e. The lowest BCUT2D eigenvalue weighted by Gasteiger charge is -2.27. The molecule has 0 amide bonds. The predicted octanol–water partition coefficient (Wildman–Crippen LogP) is 1.79. The Hall–Kier alpha value is -0.620. The van der Waals surface area contributed by atoms with E-state index < -0.39 is 10.0 Å². The Morgan fingerprint density at radius 1 is 1.37 bits per heavy atom. The van der Waals surface area contributed by atoms with Crippen LogP contribution in [-0.2, 0) is 10.0 Å². The zero-order valence-corrected chi connectivity index (χ0v) is 12.9. The van der Waals surface area contributed by atoms with Gasteiger partial charge in [0, 0.05) is 19.0 Å². The normalized spacial score (nSPS) is 19.5. The van der Waals surface area contributed by atoms with Crippen molar-refractivity contribution in [3.63, 3.8) is 0 Å². The molecule has 0 radical (unpaired) electrons. The van der Waals surface area contributed by atoms with Crippen LogP contribution in [0, 0.1) is 17.2 Å². The van der Waals surface area contributed by atoms with Gasteiger partial charge in [-0.05, 0) is 18.8 Å². The third kappa shape index (κ3) is 5.10. The van der Waals surface area contributed by atoms with Gasteiger partial charge < -0.3 is 5.73 Å². The quantitative estimate of drug-likeness (QED) is 0.553. The number of hydrogen-bond acceptors (Lipinski definition) is 3. The summed E-state index contributed by atoms with van der Waals surface area (Å²) in [6, 6.07) is 0. The fraction of sp³-hybridized carbons (Fsp3) is 0.923. The molecule has 0 aliphatic heterocycles. The minimum absolute atomic E-state index is 0.0475. The Balaban J connectivity index is 2.63. The van der Waals surface area contributed by atoms with Crippen molar-refractivity contribution < 1.29 is 8.42 Å². The van der Waals surface area contributed by atoms with Gasteiger partial charge in [-0.3, -0.25) is 5.41 Å². The average Bonchev–Trinajstić information content (AvgIpc) is 2.35. The molecule has 1 saturated carbocycles. The molecular formula is C13H27N3O2S. The second-order valence-corrected chi connectivity index (χ2v) is 7.60. The van der Waals surface area contributed by atoms with Crippen LogP contribution in [0.25, 0.3) is 0 Å². The Morgan fingerprint density at radius 2 is 1.95 bits per heavy atom. The predicted molar refractivity (Wildman–Crippen MR) is 78.7 cm³/mol. The van der Waals surface area contributed by atoms with E-state index in [1.165, 1.54) is 10.7 Å². The maximum absolute atomic E-state index is 12.4. The van der Waals surface area contributed by atoms with E-state index in [2.05, 4.69) is 0 Å². The fourth-order valence-electron chi connectivity index (χ4n) is 2.60. The van der Waals surface area contributed by atoms with E-state index in [0.717, 1.165) is 25.7 Å². The topological polar surface area (TPSA) is 87.2 Å². The van der Waals surface area contributed by atoms with E-state index >= 15 is 0 Å². The van der Waals surface area contributed by atoms with Crippen LogP contribution in [0.15, 0.2) is 0 Å². The summed E-state index contributed by atoms with van der Waals surface area (Å²) in [4.78, 5) is 0. The van der Waals surface area contributed by atoms with Crippen LogP contribution in [0.5, 0.6) is 0 Å². The van der Waals surface area contributed by atoms with Crippen molar-refractivity contribution in [2.45, 2.75) is 46.0 Å². The largest absolute Gasteiger partial charge is 0.387 e. The van der Waals surface area contributed by atoms with E-state index in [0.29, 0.717) is 19.0 Å². The molecule has 3 N–H and O–H groups in total. The van der Waals surface area contributed by atoms with Gasteiger partial charge in [-0.1, -0.05) is 33.1 Å². The van der Waals surface area contributed by atoms with Crippen molar-refractivity contribution >= 4 is 15.9 Å². The summed E-state index contributed by atoms with van der Waals surface area (Å²) in [7, 11) is -3.22. The van der Waals surface area contributed by atoms with Gasteiger partial charge in [0.15, 0.2) is 0 Å². The van der Waals surface area contributed by atoms with E-state index in [9.17, 15) is 8.42 Å². The van der Waals surface area contributed by atoms with Crippen LogP contribution in [0.2, 0.25) is 0 Å². The number of rotatable bonds is 7. The maximum Gasteiger partial charge on any atom is 0.214 e. The lowest BCUT2D eigenvalue weighted by atomic mass is 9.91. The van der Waals surface area contributed by atoms with Crippen molar-refractivity contribution in [2.75, 3.05) is 18.8 Å². The first kappa shape index (κ1) is 16.4. The lowest BCUT2D eigenvalue weighted by Crippen LogP contribution is -2.41. The third-order valence-electron chi connectivity index (χ3n) is 3.93. The minimum atomic E-state index is -3.22. The standard InChI is InChI=1S/C13H27N3O2S/c1-3-16(9-11(2)13(14)15)19(17,18)10-12-7-5-4-6-8-12/h11-12H,3-10H2,1-2H3,(H3,14,15). The Bertz CT molecular complexity index is 389. The molecule has 112 valence electrons. The lowest BCUT2D eigenvalue weighted by molar-refractivity contribution is 0.363. The molecule has 5 nitrogen and oxygen atoms in total. The minimum Gasteiger partial charge on any atom is -0.387 e. The SMILES string of the molecule is CCN(CC(C)C(=N)N)S(=O)(=O)CC1CCCCC1.